The first kappa shape index (κ1) is 10.5. The number of nitrogens with two attached hydrogens (primary N) is 1. The van der Waals surface area contributed by atoms with E-state index in [0.717, 1.165) is 0 Å². The standard InChI is InChI=1S/C7H9N3O3S/c8-7(9)10-13-14(11,12)6-4-2-1-3-5-6/h1-5H,(H4,8,9,10). The van der Waals surface area contributed by atoms with Crippen molar-refractivity contribution in [2.24, 2.45) is 5.73 Å². The van der Waals surface area contributed by atoms with Crippen LogP contribution >= 0.6 is 0 Å². The second-order valence-electron chi connectivity index (χ2n) is 2.37. The van der Waals surface area contributed by atoms with Crippen molar-refractivity contribution in [2.45, 2.75) is 4.90 Å². The Labute approximate surface area is 81.3 Å². The van der Waals surface area contributed by atoms with E-state index in [1.807, 2.05) is 0 Å². The molecule has 0 saturated heterocycles. The Morgan fingerprint density at radius 3 is 2.43 bits per heavy atom. The van der Waals surface area contributed by atoms with Gasteiger partial charge in [0, 0.05) is 0 Å². The lowest BCUT2D eigenvalue weighted by Gasteiger charge is -2.04. The Hall–Kier alpha value is -1.60. The average molecular weight is 215 g/mol. The minimum atomic E-state index is -3.89. The van der Waals surface area contributed by atoms with Crippen LogP contribution in [-0.4, -0.2) is 14.4 Å². The van der Waals surface area contributed by atoms with Crippen LogP contribution in [0.4, 0.5) is 0 Å². The van der Waals surface area contributed by atoms with Gasteiger partial charge in [-0.2, -0.15) is 8.42 Å². The van der Waals surface area contributed by atoms with Crippen LogP contribution in [0.3, 0.4) is 0 Å². The first-order valence-electron chi connectivity index (χ1n) is 3.61. The monoisotopic (exact) mass is 215 g/mol. The fraction of sp³-hybridized carbons (Fsp3) is 0. The first-order chi connectivity index (χ1) is 6.52. The molecular formula is C7H9N3O3S. The van der Waals surface area contributed by atoms with Crippen molar-refractivity contribution < 1.29 is 12.7 Å². The highest BCUT2D eigenvalue weighted by Crippen LogP contribution is 2.09. The van der Waals surface area contributed by atoms with Gasteiger partial charge in [-0.05, 0) is 12.1 Å². The molecule has 1 aromatic carbocycles. The SMILES string of the molecule is N=C(N)NOS(=O)(=O)c1ccccc1. The van der Waals surface area contributed by atoms with E-state index < -0.39 is 16.1 Å². The van der Waals surface area contributed by atoms with Crippen molar-refractivity contribution >= 4 is 16.1 Å². The van der Waals surface area contributed by atoms with E-state index in [-0.39, 0.29) is 4.90 Å². The highest BCUT2D eigenvalue weighted by atomic mass is 32.2. The van der Waals surface area contributed by atoms with Gasteiger partial charge in [-0.15, -0.1) is 4.28 Å². The van der Waals surface area contributed by atoms with Gasteiger partial charge >= 0.3 is 10.1 Å². The molecular weight excluding hydrogens is 206 g/mol. The number of guanidine groups is 1. The Bertz CT molecular complexity index is 415. The zero-order valence-corrected chi connectivity index (χ0v) is 7.91. The maximum absolute atomic E-state index is 11.3. The van der Waals surface area contributed by atoms with Gasteiger partial charge in [0.25, 0.3) is 0 Å². The van der Waals surface area contributed by atoms with Crippen LogP contribution in [0.5, 0.6) is 0 Å². The summed E-state index contributed by atoms with van der Waals surface area (Å²) in [6, 6.07) is 7.54. The lowest BCUT2D eigenvalue weighted by atomic mass is 10.4. The predicted molar refractivity (Wildman–Crippen MR) is 49.8 cm³/mol. The minimum absolute atomic E-state index is 0.00579. The molecule has 4 N–H and O–H groups in total. The smallest absolute Gasteiger partial charge is 0.317 e. The highest BCUT2D eigenvalue weighted by molar-refractivity contribution is 7.86. The summed E-state index contributed by atoms with van der Waals surface area (Å²) in [4.78, 5) is -0.00579. The first-order valence-corrected chi connectivity index (χ1v) is 5.02. The van der Waals surface area contributed by atoms with Gasteiger partial charge < -0.3 is 5.73 Å². The Kier molecular flexibility index (Phi) is 3.05. The van der Waals surface area contributed by atoms with Gasteiger partial charge in [-0.1, -0.05) is 18.2 Å². The number of hydrogen-bond acceptors (Lipinski definition) is 4. The molecule has 7 heteroatoms. The molecule has 0 aliphatic heterocycles. The largest absolute Gasteiger partial charge is 0.368 e. The molecule has 1 rings (SSSR count). The van der Waals surface area contributed by atoms with E-state index in [2.05, 4.69) is 4.28 Å². The third-order valence-corrected chi connectivity index (χ3v) is 2.45. The van der Waals surface area contributed by atoms with Crippen LogP contribution in [0, 0.1) is 5.41 Å². The predicted octanol–water partition coefficient (Wildman–Crippen LogP) is -0.210. The van der Waals surface area contributed by atoms with Gasteiger partial charge in [0.1, 0.15) is 0 Å². The molecule has 0 unspecified atom stereocenters. The van der Waals surface area contributed by atoms with E-state index in [4.69, 9.17) is 11.1 Å². The summed E-state index contributed by atoms with van der Waals surface area (Å²) in [7, 11) is -3.89. The van der Waals surface area contributed by atoms with Gasteiger partial charge in [0.2, 0.25) is 5.96 Å². The summed E-state index contributed by atoms with van der Waals surface area (Å²) in [5.74, 6) is -0.579. The van der Waals surface area contributed by atoms with E-state index in [1.165, 1.54) is 12.1 Å². The molecule has 0 heterocycles. The lowest BCUT2D eigenvalue weighted by Crippen LogP contribution is -2.32. The van der Waals surface area contributed by atoms with Crippen molar-refractivity contribution in [3.8, 4) is 0 Å². The molecule has 0 bridgehead atoms. The Morgan fingerprint density at radius 2 is 1.93 bits per heavy atom. The van der Waals surface area contributed by atoms with Crippen molar-refractivity contribution in [1.29, 1.82) is 5.41 Å². The zero-order chi connectivity index (χ0) is 10.6. The minimum Gasteiger partial charge on any atom is -0.368 e. The molecule has 76 valence electrons. The molecule has 14 heavy (non-hydrogen) atoms. The second-order valence-corrected chi connectivity index (χ2v) is 3.91. The fourth-order valence-electron chi connectivity index (χ4n) is 0.735. The summed E-state index contributed by atoms with van der Waals surface area (Å²) in [6.07, 6.45) is 0. The van der Waals surface area contributed by atoms with Crippen molar-refractivity contribution in [3.05, 3.63) is 30.3 Å². The molecule has 0 aliphatic carbocycles. The molecule has 0 saturated carbocycles. The molecule has 0 spiro atoms. The van der Waals surface area contributed by atoms with Crippen molar-refractivity contribution in [3.63, 3.8) is 0 Å². The molecule has 0 amide bonds. The summed E-state index contributed by atoms with van der Waals surface area (Å²) >= 11 is 0. The molecule has 0 aliphatic rings. The van der Waals surface area contributed by atoms with Crippen LogP contribution in [0.15, 0.2) is 35.2 Å². The molecule has 0 radical (unpaired) electrons. The van der Waals surface area contributed by atoms with Crippen LogP contribution in [0.2, 0.25) is 0 Å². The van der Waals surface area contributed by atoms with Crippen LogP contribution in [0.1, 0.15) is 0 Å². The second kappa shape index (κ2) is 4.07. The number of nitrogens with one attached hydrogen (secondary N) is 2. The topological polar surface area (TPSA) is 105 Å². The molecule has 0 fully saturated rings. The van der Waals surface area contributed by atoms with E-state index in [1.54, 1.807) is 23.7 Å². The lowest BCUT2D eigenvalue weighted by molar-refractivity contribution is 0.265. The maximum Gasteiger partial charge on any atom is 0.317 e. The normalized spacial score (nSPS) is 10.9. The van der Waals surface area contributed by atoms with Gasteiger partial charge in [0.15, 0.2) is 0 Å². The number of benzene rings is 1. The third-order valence-electron chi connectivity index (χ3n) is 1.29. The Balaban J connectivity index is 2.82. The number of hydroxylamine groups is 1. The number of hydrogen-bond donors (Lipinski definition) is 3. The van der Waals surface area contributed by atoms with Crippen LogP contribution in [-0.2, 0) is 14.4 Å². The van der Waals surface area contributed by atoms with Crippen molar-refractivity contribution in [1.82, 2.24) is 5.48 Å². The highest BCUT2D eigenvalue weighted by Gasteiger charge is 2.14. The number of rotatable bonds is 3. The Morgan fingerprint density at radius 1 is 1.36 bits per heavy atom. The summed E-state index contributed by atoms with van der Waals surface area (Å²) in [6.45, 7) is 0. The summed E-state index contributed by atoms with van der Waals surface area (Å²) in [5.41, 5.74) is 6.62. The summed E-state index contributed by atoms with van der Waals surface area (Å²) < 4.78 is 26.8. The van der Waals surface area contributed by atoms with Crippen molar-refractivity contribution in [2.75, 3.05) is 0 Å². The third kappa shape index (κ3) is 2.71. The van der Waals surface area contributed by atoms with E-state index >= 15 is 0 Å². The molecule has 1 aromatic rings. The quantitative estimate of drug-likeness (QED) is 0.367. The zero-order valence-electron chi connectivity index (χ0n) is 7.10. The van der Waals surface area contributed by atoms with E-state index in [0.29, 0.717) is 0 Å². The molecule has 0 atom stereocenters. The summed E-state index contributed by atoms with van der Waals surface area (Å²) in [5, 5.41) is 6.71. The van der Waals surface area contributed by atoms with E-state index in [9.17, 15) is 8.42 Å². The van der Waals surface area contributed by atoms with Crippen LogP contribution < -0.4 is 11.2 Å². The maximum atomic E-state index is 11.3. The van der Waals surface area contributed by atoms with Gasteiger partial charge in [-0.3, -0.25) is 5.41 Å². The van der Waals surface area contributed by atoms with Gasteiger partial charge in [-0.25, -0.2) is 5.48 Å². The molecule has 6 nitrogen and oxygen atoms in total. The van der Waals surface area contributed by atoms with Gasteiger partial charge in [0.05, 0.1) is 4.90 Å². The fourth-order valence-corrected chi connectivity index (χ4v) is 1.52. The molecule has 0 aromatic heterocycles. The van der Waals surface area contributed by atoms with Crippen LogP contribution in [0.25, 0.3) is 0 Å². The average Bonchev–Trinajstić information content (AvgIpc) is 2.16.